The zero-order valence-corrected chi connectivity index (χ0v) is 11.3. The molecule has 19 heavy (non-hydrogen) atoms. The Kier molecular flexibility index (Phi) is 4.20. The minimum absolute atomic E-state index is 0.208. The summed E-state index contributed by atoms with van der Waals surface area (Å²) in [6, 6.07) is 5.02. The van der Waals surface area contributed by atoms with Crippen LogP contribution in [0, 0.1) is 0 Å². The first-order valence-electron chi connectivity index (χ1n) is 6.80. The van der Waals surface area contributed by atoms with Crippen molar-refractivity contribution in [1.82, 2.24) is 4.98 Å². The first-order chi connectivity index (χ1) is 9.17. The minimum atomic E-state index is -0.965. The van der Waals surface area contributed by atoms with E-state index in [1.54, 1.807) is 18.2 Å². The summed E-state index contributed by atoms with van der Waals surface area (Å²) in [5.74, 6) is -0.00979. The maximum absolute atomic E-state index is 11.2. The molecule has 4 nitrogen and oxygen atoms in total. The summed E-state index contributed by atoms with van der Waals surface area (Å²) >= 11 is 0. The van der Waals surface area contributed by atoms with Crippen molar-refractivity contribution in [3.63, 3.8) is 0 Å². The van der Waals surface area contributed by atoms with Crippen molar-refractivity contribution < 1.29 is 14.3 Å². The van der Waals surface area contributed by atoms with Gasteiger partial charge in [-0.15, -0.1) is 0 Å². The number of hydrogen-bond donors (Lipinski definition) is 1. The smallest absolute Gasteiger partial charge is 0.338 e. The summed E-state index contributed by atoms with van der Waals surface area (Å²) in [7, 11) is 0. The van der Waals surface area contributed by atoms with Gasteiger partial charge in [0.25, 0.3) is 0 Å². The van der Waals surface area contributed by atoms with Crippen LogP contribution in [0.5, 0.6) is 0 Å². The fourth-order valence-corrected chi connectivity index (χ4v) is 2.40. The van der Waals surface area contributed by atoms with Crippen LogP contribution >= 0.6 is 0 Å². The number of nitrogens with zero attached hydrogens (tertiary/aromatic N) is 1. The molecule has 1 N–H and O–H groups in total. The lowest BCUT2D eigenvalue weighted by atomic mass is 9.98. The van der Waals surface area contributed by atoms with Gasteiger partial charge in [0.1, 0.15) is 5.52 Å². The van der Waals surface area contributed by atoms with Gasteiger partial charge < -0.3 is 9.52 Å². The number of carbonyl (C=O) groups is 1. The van der Waals surface area contributed by atoms with Crippen molar-refractivity contribution in [2.45, 2.75) is 45.4 Å². The summed E-state index contributed by atoms with van der Waals surface area (Å²) in [6.07, 6.45) is 4.16. The van der Waals surface area contributed by atoms with E-state index in [-0.39, 0.29) is 11.5 Å². The van der Waals surface area contributed by atoms with Gasteiger partial charge in [-0.1, -0.05) is 32.8 Å². The van der Waals surface area contributed by atoms with Gasteiger partial charge in [0.2, 0.25) is 0 Å². The second-order valence-corrected chi connectivity index (χ2v) is 4.78. The molecular formula is C15H19NO3. The molecule has 0 saturated carbocycles. The minimum Gasteiger partial charge on any atom is -0.478 e. The van der Waals surface area contributed by atoms with Crippen LogP contribution in [-0.2, 0) is 0 Å². The predicted octanol–water partition coefficient (Wildman–Crippen LogP) is 4.21. The first kappa shape index (κ1) is 13.6. The SMILES string of the molecule is CCCC(CCC)c1nc2c(C(=O)O)cccc2o1. The molecular weight excluding hydrogens is 242 g/mol. The van der Waals surface area contributed by atoms with Gasteiger partial charge in [-0.3, -0.25) is 0 Å². The van der Waals surface area contributed by atoms with Gasteiger partial charge in [-0.2, -0.15) is 0 Å². The Morgan fingerprint density at radius 2 is 2.00 bits per heavy atom. The van der Waals surface area contributed by atoms with Crippen LogP contribution in [0.3, 0.4) is 0 Å². The van der Waals surface area contributed by atoms with E-state index in [1.165, 1.54) is 0 Å². The number of carboxylic acid groups (broad SMARTS) is 1. The third kappa shape index (κ3) is 2.78. The predicted molar refractivity (Wildman–Crippen MR) is 73.5 cm³/mol. The summed E-state index contributed by atoms with van der Waals surface area (Å²) in [6.45, 7) is 4.27. The topological polar surface area (TPSA) is 63.3 Å². The lowest BCUT2D eigenvalue weighted by Gasteiger charge is -2.09. The molecule has 1 heterocycles. The second kappa shape index (κ2) is 5.87. The Labute approximate surface area is 112 Å². The molecule has 1 aromatic heterocycles. The van der Waals surface area contributed by atoms with Crippen LogP contribution in [0.15, 0.2) is 22.6 Å². The average molecular weight is 261 g/mol. The number of fused-ring (bicyclic) bond motifs is 1. The van der Waals surface area contributed by atoms with Crippen molar-refractivity contribution in [2.24, 2.45) is 0 Å². The summed E-state index contributed by atoms with van der Waals surface area (Å²) < 4.78 is 5.75. The number of oxazole rings is 1. The number of rotatable bonds is 6. The van der Waals surface area contributed by atoms with Gasteiger partial charge >= 0.3 is 5.97 Å². The van der Waals surface area contributed by atoms with Gasteiger partial charge in [0.15, 0.2) is 11.5 Å². The molecule has 0 unspecified atom stereocenters. The number of para-hydroxylation sites is 1. The largest absolute Gasteiger partial charge is 0.478 e. The van der Waals surface area contributed by atoms with E-state index in [0.717, 1.165) is 25.7 Å². The van der Waals surface area contributed by atoms with Crippen molar-refractivity contribution in [3.05, 3.63) is 29.7 Å². The highest BCUT2D eigenvalue weighted by Gasteiger charge is 2.19. The fourth-order valence-electron chi connectivity index (χ4n) is 2.40. The maximum Gasteiger partial charge on any atom is 0.338 e. The van der Waals surface area contributed by atoms with Gasteiger partial charge in [0.05, 0.1) is 5.56 Å². The number of carboxylic acids is 1. The average Bonchev–Trinajstić information content (AvgIpc) is 2.81. The van der Waals surface area contributed by atoms with Crippen LogP contribution in [0.25, 0.3) is 11.1 Å². The molecule has 0 amide bonds. The van der Waals surface area contributed by atoms with Crippen molar-refractivity contribution in [1.29, 1.82) is 0 Å². The summed E-state index contributed by atoms with van der Waals surface area (Å²) in [5.41, 5.74) is 1.23. The normalized spacial score (nSPS) is 11.3. The molecule has 102 valence electrons. The Bertz CT molecular complexity index is 568. The number of aromatic nitrogens is 1. The molecule has 0 aliphatic heterocycles. The quantitative estimate of drug-likeness (QED) is 0.846. The highest BCUT2D eigenvalue weighted by atomic mass is 16.4. The first-order valence-corrected chi connectivity index (χ1v) is 6.80. The zero-order valence-electron chi connectivity index (χ0n) is 11.3. The zero-order chi connectivity index (χ0) is 13.8. The van der Waals surface area contributed by atoms with Crippen LogP contribution in [-0.4, -0.2) is 16.1 Å². The Balaban J connectivity index is 2.45. The molecule has 4 heteroatoms. The lowest BCUT2D eigenvalue weighted by Crippen LogP contribution is -2.00. The molecule has 0 aliphatic rings. The molecule has 1 aromatic carbocycles. The van der Waals surface area contributed by atoms with Gasteiger partial charge in [-0.05, 0) is 25.0 Å². The second-order valence-electron chi connectivity index (χ2n) is 4.78. The van der Waals surface area contributed by atoms with Crippen LogP contribution in [0.4, 0.5) is 0 Å². The molecule has 0 atom stereocenters. The third-order valence-corrected chi connectivity index (χ3v) is 3.29. The number of benzene rings is 1. The lowest BCUT2D eigenvalue weighted by molar-refractivity contribution is 0.0699. The molecule has 2 rings (SSSR count). The monoisotopic (exact) mass is 261 g/mol. The van der Waals surface area contributed by atoms with E-state index < -0.39 is 5.97 Å². The van der Waals surface area contributed by atoms with Crippen molar-refractivity contribution in [3.8, 4) is 0 Å². The molecule has 2 aromatic rings. The highest BCUT2D eigenvalue weighted by molar-refractivity contribution is 6.00. The van der Waals surface area contributed by atoms with Crippen LogP contribution in [0.2, 0.25) is 0 Å². The summed E-state index contributed by atoms with van der Waals surface area (Å²) in [5, 5.41) is 9.16. The van der Waals surface area contributed by atoms with E-state index in [0.29, 0.717) is 17.0 Å². The molecule has 0 spiro atoms. The molecule has 0 bridgehead atoms. The van der Waals surface area contributed by atoms with Gasteiger partial charge in [0, 0.05) is 5.92 Å². The Morgan fingerprint density at radius 1 is 1.32 bits per heavy atom. The molecule has 0 aliphatic carbocycles. The van der Waals surface area contributed by atoms with E-state index in [1.807, 2.05) is 0 Å². The molecule has 0 saturated heterocycles. The van der Waals surface area contributed by atoms with E-state index in [2.05, 4.69) is 18.8 Å². The van der Waals surface area contributed by atoms with Crippen LogP contribution in [0.1, 0.15) is 61.7 Å². The van der Waals surface area contributed by atoms with Gasteiger partial charge in [-0.25, -0.2) is 9.78 Å². The molecule has 0 fully saturated rings. The highest BCUT2D eigenvalue weighted by Crippen LogP contribution is 2.29. The third-order valence-electron chi connectivity index (χ3n) is 3.29. The van der Waals surface area contributed by atoms with E-state index >= 15 is 0 Å². The van der Waals surface area contributed by atoms with Crippen molar-refractivity contribution >= 4 is 17.1 Å². The number of hydrogen-bond acceptors (Lipinski definition) is 3. The maximum atomic E-state index is 11.2. The van der Waals surface area contributed by atoms with E-state index in [4.69, 9.17) is 9.52 Å². The molecule has 0 radical (unpaired) electrons. The van der Waals surface area contributed by atoms with Crippen molar-refractivity contribution in [2.75, 3.05) is 0 Å². The number of aromatic carboxylic acids is 1. The Morgan fingerprint density at radius 3 is 2.58 bits per heavy atom. The van der Waals surface area contributed by atoms with E-state index in [9.17, 15) is 4.79 Å². The fraction of sp³-hybridized carbons (Fsp3) is 0.467. The van der Waals surface area contributed by atoms with Crippen LogP contribution < -0.4 is 0 Å². The summed E-state index contributed by atoms with van der Waals surface area (Å²) in [4.78, 5) is 15.6. The standard InChI is InChI=1S/C15H19NO3/c1-3-6-10(7-4-2)14-16-13-11(15(17)18)8-5-9-12(13)19-14/h5,8-10H,3-4,6-7H2,1-2H3,(H,17,18). The Hall–Kier alpha value is -1.84.